The summed E-state index contributed by atoms with van der Waals surface area (Å²) >= 11 is 0. The average Bonchev–Trinajstić information content (AvgIpc) is 3.40. The summed E-state index contributed by atoms with van der Waals surface area (Å²) in [5.74, 6) is 0.576. The Kier molecular flexibility index (Phi) is 10.1. The van der Waals surface area contributed by atoms with Gasteiger partial charge in [-0.25, -0.2) is 0 Å². The molecule has 0 saturated carbocycles. The van der Waals surface area contributed by atoms with Gasteiger partial charge in [-0.05, 0) is 146 Å². The molecular weight excluding hydrogens is 823 g/mol. The Balaban J connectivity index is 0.931. The second-order valence-corrected chi connectivity index (χ2v) is 21.4. The highest BCUT2D eigenvalue weighted by atomic mass is 15.2. The normalized spacial score (nSPS) is 30.6. The second kappa shape index (κ2) is 16.4. The maximum absolute atomic E-state index is 4.11. The molecule has 10 aliphatic rings. The van der Waals surface area contributed by atoms with E-state index >= 15 is 0 Å². The van der Waals surface area contributed by atoms with Gasteiger partial charge >= 0.3 is 0 Å². The summed E-state index contributed by atoms with van der Waals surface area (Å²) in [6.07, 6.45) is 54.9. The Morgan fingerprint density at radius 1 is 0.662 bits per heavy atom. The molecule has 3 aromatic rings. The summed E-state index contributed by atoms with van der Waals surface area (Å²) in [5.41, 5.74) is 19.8. The zero-order valence-corrected chi connectivity index (χ0v) is 40.0. The largest absolute Gasteiger partial charge is 0.378 e. The van der Waals surface area contributed by atoms with Crippen molar-refractivity contribution in [1.29, 1.82) is 0 Å². The van der Waals surface area contributed by atoms with Gasteiger partial charge in [0.15, 0.2) is 0 Å². The molecule has 7 aliphatic carbocycles. The van der Waals surface area contributed by atoms with E-state index in [1.165, 1.54) is 80.3 Å². The fourth-order valence-corrected chi connectivity index (χ4v) is 14.9. The molecule has 0 fully saturated rings. The molecule has 3 heterocycles. The first-order chi connectivity index (χ1) is 33.5. The summed E-state index contributed by atoms with van der Waals surface area (Å²) in [6, 6.07) is 30.9. The molecular formula is C65H65N3. The number of fused-ring (bicyclic) bond motifs is 4. The van der Waals surface area contributed by atoms with Gasteiger partial charge in [0.05, 0.1) is 22.9 Å². The lowest BCUT2D eigenvalue weighted by atomic mass is 9.54. The second-order valence-electron chi connectivity index (χ2n) is 21.4. The van der Waals surface area contributed by atoms with Crippen LogP contribution in [0.3, 0.4) is 0 Å². The van der Waals surface area contributed by atoms with E-state index in [2.05, 4.69) is 211 Å². The number of anilines is 2. The van der Waals surface area contributed by atoms with Crippen molar-refractivity contribution in [1.82, 2.24) is 4.90 Å². The van der Waals surface area contributed by atoms with Crippen molar-refractivity contribution in [2.45, 2.75) is 119 Å². The van der Waals surface area contributed by atoms with Gasteiger partial charge in [0.25, 0.3) is 0 Å². The molecule has 0 radical (unpaired) electrons. The van der Waals surface area contributed by atoms with E-state index in [1.807, 2.05) is 0 Å². The number of rotatable bonds is 6. The van der Waals surface area contributed by atoms with Crippen LogP contribution >= 0.6 is 0 Å². The summed E-state index contributed by atoms with van der Waals surface area (Å²) in [6.45, 7) is 5.05. The third-order valence-electron chi connectivity index (χ3n) is 17.8. The number of nitrogens with one attached hydrogen (secondary N) is 1. The topological polar surface area (TPSA) is 18.5 Å². The SMILES string of the molecule is CC1(C)c2cc(N3C4=C(C=CCC4)C(C4=CC=CCC4)(c4ccccc4)C4=CC=CCC43)ccc2NC2C=CC(N3C4=CC=CCC4C(C4=CCCC=C4)(c4ccccc4)C4=C3CCCC4)=CC21. The molecule has 6 unspecified atom stereocenters. The molecule has 0 saturated heterocycles. The van der Waals surface area contributed by atoms with Gasteiger partial charge in [-0.1, -0.05) is 171 Å². The molecule has 68 heavy (non-hydrogen) atoms. The van der Waals surface area contributed by atoms with Gasteiger partial charge in [0.1, 0.15) is 0 Å². The van der Waals surface area contributed by atoms with Crippen molar-refractivity contribution in [3.05, 3.63) is 249 Å². The Bertz CT molecular complexity index is 2990. The molecule has 3 heteroatoms. The molecule has 0 spiro atoms. The zero-order valence-electron chi connectivity index (χ0n) is 40.0. The Labute approximate surface area is 405 Å². The molecule has 340 valence electrons. The maximum atomic E-state index is 4.11. The number of hydrogen-bond acceptors (Lipinski definition) is 3. The van der Waals surface area contributed by atoms with Crippen molar-refractivity contribution >= 4 is 11.4 Å². The van der Waals surface area contributed by atoms with Crippen molar-refractivity contribution in [3.8, 4) is 0 Å². The minimum absolute atomic E-state index is 0.139. The van der Waals surface area contributed by atoms with Crippen LogP contribution in [-0.2, 0) is 16.2 Å². The Morgan fingerprint density at radius 3 is 2.26 bits per heavy atom. The summed E-state index contributed by atoms with van der Waals surface area (Å²) in [4.78, 5) is 5.55. The summed E-state index contributed by atoms with van der Waals surface area (Å²) in [5, 5.41) is 4.11. The minimum Gasteiger partial charge on any atom is -0.378 e. The highest BCUT2D eigenvalue weighted by Crippen LogP contribution is 2.62. The molecule has 0 amide bonds. The van der Waals surface area contributed by atoms with Crippen molar-refractivity contribution in [3.63, 3.8) is 0 Å². The Hall–Kier alpha value is -6.32. The lowest BCUT2D eigenvalue weighted by Gasteiger charge is -2.56. The molecule has 3 aromatic carbocycles. The molecule has 1 N–H and O–H groups in total. The van der Waals surface area contributed by atoms with E-state index in [-0.39, 0.29) is 34.2 Å². The van der Waals surface area contributed by atoms with Crippen molar-refractivity contribution in [2.24, 2.45) is 11.8 Å². The molecule has 0 bridgehead atoms. The van der Waals surface area contributed by atoms with Crippen LogP contribution in [0.4, 0.5) is 11.4 Å². The maximum Gasteiger partial charge on any atom is 0.0664 e. The van der Waals surface area contributed by atoms with Gasteiger partial charge in [-0.15, -0.1) is 0 Å². The zero-order chi connectivity index (χ0) is 45.5. The lowest BCUT2D eigenvalue weighted by Crippen LogP contribution is -2.52. The van der Waals surface area contributed by atoms with Crippen LogP contribution in [0.5, 0.6) is 0 Å². The van der Waals surface area contributed by atoms with Crippen LogP contribution in [-0.4, -0.2) is 17.0 Å². The van der Waals surface area contributed by atoms with Gasteiger partial charge < -0.3 is 15.1 Å². The van der Waals surface area contributed by atoms with Crippen LogP contribution in [0.1, 0.15) is 108 Å². The van der Waals surface area contributed by atoms with Crippen LogP contribution in [0.25, 0.3) is 0 Å². The predicted octanol–water partition coefficient (Wildman–Crippen LogP) is 15.5. The third kappa shape index (κ3) is 6.09. The van der Waals surface area contributed by atoms with E-state index in [9.17, 15) is 0 Å². The number of hydrogen-bond donors (Lipinski definition) is 1. The quantitative estimate of drug-likeness (QED) is 0.266. The van der Waals surface area contributed by atoms with E-state index in [1.54, 1.807) is 11.3 Å². The number of nitrogens with zero attached hydrogens (tertiary/aromatic N) is 2. The summed E-state index contributed by atoms with van der Waals surface area (Å²) in [7, 11) is 0. The van der Waals surface area contributed by atoms with Crippen LogP contribution in [0.15, 0.2) is 233 Å². The molecule has 0 aromatic heterocycles. The molecule has 3 nitrogen and oxygen atoms in total. The first kappa shape index (κ1) is 41.8. The monoisotopic (exact) mass is 888 g/mol. The Morgan fingerprint density at radius 2 is 1.44 bits per heavy atom. The van der Waals surface area contributed by atoms with E-state index in [4.69, 9.17) is 0 Å². The van der Waals surface area contributed by atoms with Gasteiger partial charge in [0, 0.05) is 51.4 Å². The number of allylic oxidation sites excluding steroid dienone is 21. The minimum atomic E-state index is -0.294. The average molecular weight is 888 g/mol. The lowest BCUT2D eigenvalue weighted by molar-refractivity contribution is 0.268. The van der Waals surface area contributed by atoms with Gasteiger partial charge in [0.2, 0.25) is 0 Å². The molecule has 3 aliphatic heterocycles. The first-order valence-corrected chi connectivity index (χ1v) is 26.1. The number of benzene rings is 3. The smallest absolute Gasteiger partial charge is 0.0664 e. The van der Waals surface area contributed by atoms with E-state index in [0.717, 1.165) is 64.2 Å². The molecule has 13 rings (SSSR count). The van der Waals surface area contributed by atoms with Crippen LogP contribution < -0.4 is 10.2 Å². The van der Waals surface area contributed by atoms with Crippen molar-refractivity contribution in [2.75, 3.05) is 10.2 Å². The fraction of sp³-hybridized carbons (Fsp3) is 0.323. The fourth-order valence-electron chi connectivity index (χ4n) is 14.9. The van der Waals surface area contributed by atoms with Gasteiger partial charge in [-0.2, -0.15) is 0 Å². The van der Waals surface area contributed by atoms with Crippen molar-refractivity contribution < 1.29 is 0 Å². The highest BCUT2D eigenvalue weighted by molar-refractivity contribution is 5.76. The highest BCUT2D eigenvalue weighted by Gasteiger charge is 2.55. The van der Waals surface area contributed by atoms with Gasteiger partial charge in [-0.3, -0.25) is 0 Å². The standard InChI is InChI=1S/C65H65N3/c1-63(2)55-43-49(67-59-35-19-15-31-51(59)64(45-23-7-3-8-24-45,46-25-9-4-10-26-46)52-32-16-20-36-60(52)67)39-41-57(55)66-58-42-40-50(44-56(58)63)68-61-37-21-17-33-53(61)65(47-27-11-5-12-28-47,48-29-13-6-14-30-48)54-34-18-22-38-62(54)68/h3-5,7-9,11-13,15-17,19,21,23-25,27-32,37,39-44,53,56,58-59,66H,6,10,14,18,20,22,26,33-36,38H2,1-2H3. The molecule has 6 atom stereocenters. The third-order valence-corrected chi connectivity index (χ3v) is 17.8. The summed E-state index contributed by atoms with van der Waals surface area (Å²) < 4.78 is 0. The van der Waals surface area contributed by atoms with Crippen LogP contribution in [0.2, 0.25) is 0 Å². The predicted molar refractivity (Wildman–Crippen MR) is 283 cm³/mol. The first-order valence-electron chi connectivity index (χ1n) is 26.1. The van der Waals surface area contributed by atoms with Crippen LogP contribution in [0, 0.1) is 11.8 Å². The van der Waals surface area contributed by atoms with E-state index < -0.39 is 0 Å². The van der Waals surface area contributed by atoms with E-state index in [0.29, 0.717) is 5.92 Å².